The van der Waals surface area contributed by atoms with Gasteiger partial charge in [0.2, 0.25) is 5.91 Å². The molecule has 0 saturated carbocycles. The van der Waals surface area contributed by atoms with Crippen molar-refractivity contribution < 1.29 is 4.79 Å². The summed E-state index contributed by atoms with van der Waals surface area (Å²) < 4.78 is 1.06. The van der Waals surface area contributed by atoms with Crippen molar-refractivity contribution in [1.82, 2.24) is 4.90 Å². The first-order valence-corrected chi connectivity index (χ1v) is 8.37. The molecule has 3 rings (SSSR count). The van der Waals surface area contributed by atoms with E-state index in [1.165, 1.54) is 5.56 Å². The molecule has 4 heteroatoms. The lowest BCUT2D eigenvalue weighted by Gasteiger charge is -2.25. The lowest BCUT2D eigenvalue weighted by atomic mass is 10.0. The van der Waals surface area contributed by atoms with E-state index in [0.29, 0.717) is 6.54 Å². The lowest BCUT2D eigenvalue weighted by Crippen LogP contribution is -2.35. The first-order valence-electron chi connectivity index (χ1n) is 7.58. The molecule has 1 unspecified atom stereocenters. The van der Waals surface area contributed by atoms with Gasteiger partial charge in [-0.05, 0) is 42.7 Å². The largest absolute Gasteiger partial charge is 0.376 e. The van der Waals surface area contributed by atoms with Crippen LogP contribution in [0.25, 0.3) is 0 Å². The van der Waals surface area contributed by atoms with E-state index in [4.69, 9.17) is 0 Å². The number of hydrogen-bond donors (Lipinski definition) is 1. The van der Waals surface area contributed by atoms with E-state index >= 15 is 0 Å². The highest BCUT2D eigenvalue weighted by Crippen LogP contribution is 2.33. The summed E-state index contributed by atoms with van der Waals surface area (Å²) >= 11 is 3.51. The highest BCUT2D eigenvalue weighted by molar-refractivity contribution is 9.10. The second-order valence-electron chi connectivity index (χ2n) is 5.52. The average Bonchev–Trinajstić information content (AvgIpc) is 3.03. The van der Waals surface area contributed by atoms with Crippen molar-refractivity contribution >= 4 is 27.5 Å². The van der Waals surface area contributed by atoms with E-state index in [-0.39, 0.29) is 11.9 Å². The minimum Gasteiger partial charge on any atom is -0.376 e. The van der Waals surface area contributed by atoms with Crippen LogP contribution in [0, 0.1) is 0 Å². The molecule has 0 aromatic heterocycles. The van der Waals surface area contributed by atoms with Gasteiger partial charge in [-0.3, -0.25) is 4.79 Å². The van der Waals surface area contributed by atoms with E-state index in [1.807, 2.05) is 47.4 Å². The maximum Gasteiger partial charge on any atom is 0.242 e. The van der Waals surface area contributed by atoms with E-state index in [0.717, 1.165) is 29.5 Å². The summed E-state index contributed by atoms with van der Waals surface area (Å²) in [6, 6.07) is 18.3. The number of carbonyl (C=O) groups excluding carboxylic acids is 1. The van der Waals surface area contributed by atoms with Crippen LogP contribution in [0.1, 0.15) is 24.4 Å². The molecule has 2 aromatic rings. The van der Waals surface area contributed by atoms with Gasteiger partial charge in [-0.25, -0.2) is 0 Å². The maximum absolute atomic E-state index is 12.5. The molecule has 0 bridgehead atoms. The molecule has 1 saturated heterocycles. The van der Waals surface area contributed by atoms with Gasteiger partial charge in [0.25, 0.3) is 0 Å². The zero-order chi connectivity index (χ0) is 15.4. The Morgan fingerprint density at radius 3 is 2.77 bits per heavy atom. The number of likely N-dealkylation sites (tertiary alicyclic amines) is 1. The fourth-order valence-corrected chi connectivity index (χ4v) is 3.38. The van der Waals surface area contributed by atoms with Gasteiger partial charge in [-0.2, -0.15) is 0 Å². The number of rotatable bonds is 4. The molecule has 0 spiro atoms. The van der Waals surface area contributed by atoms with Crippen LogP contribution in [-0.4, -0.2) is 23.9 Å². The highest BCUT2D eigenvalue weighted by Gasteiger charge is 2.29. The van der Waals surface area contributed by atoms with Crippen LogP contribution in [0.5, 0.6) is 0 Å². The second kappa shape index (κ2) is 6.97. The Kier molecular flexibility index (Phi) is 4.78. The molecule has 0 radical (unpaired) electrons. The summed E-state index contributed by atoms with van der Waals surface area (Å²) in [5.41, 5.74) is 2.19. The maximum atomic E-state index is 12.5. The third-order valence-corrected chi connectivity index (χ3v) is 4.52. The normalized spacial score (nSPS) is 17.5. The van der Waals surface area contributed by atoms with Crippen molar-refractivity contribution in [2.75, 3.05) is 18.4 Å². The van der Waals surface area contributed by atoms with Gasteiger partial charge in [0, 0.05) is 16.7 Å². The van der Waals surface area contributed by atoms with E-state index in [2.05, 4.69) is 33.4 Å². The van der Waals surface area contributed by atoms with Crippen LogP contribution in [0.2, 0.25) is 0 Å². The molecule has 22 heavy (non-hydrogen) atoms. The Morgan fingerprint density at radius 1 is 1.18 bits per heavy atom. The number of halogens is 1. The van der Waals surface area contributed by atoms with Crippen molar-refractivity contribution in [3.05, 3.63) is 64.6 Å². The monoisotopic (exact) mass is 358 g/mol. The zero-order valence-corrected chi connectivity index (χ0v) is 13.9. The number of nitrogens with zero attached hydrogens (tertiary/aromatic N) is 1. The van der Waals surface area contributed by atoms with E-state index in [1.54, 1.807) is 0 Å². The Morgan fingerprint density at radius 2 is 2.00 bits per heavy atom. The fraction of sp³-hybridized carbons (Fsp3) is 0.278. The molecule has 2 aromatic carbocycles. The third-order valence-electron chi connectivity index (χ3n) is 4.02. The van der Waals surface area contributed by atoms with Crippen LogP contribution in [0.15, 0.2) is 59.1 Å². The van der Waals surface area contributed by atoms with Gasteiger partial charge in [0.05, 0.1) is 12.6 Å². The Labute approximate surface area is 139 Å². The number of anilines is 1. The zero-order valence-electron chi connectivity index (χ0n) is 12.3. The van der Waals surface area contributed by atoms with Crippen LogP contribution in [0.4, 0.5) is 5.69 Å². The molecule has 114 valence electrons. The number of para-hydroxylation sites is 1. The van der Waals surface area contributed by atoms with Crippen LogP contribution in [0.3, 0.4) is 0 Å². The Hall–Kier alpha value is -1.81. The summed E-state index contributed by atoms with van der Waals surface area (Å²) in [5.74, 6) is 0.159. The molecule has 1 aliphatic rings. The fourth-order valence-electron chi connectivity index (χ4n) is 2.96. The number of amides is 1. The molecular formula is C18H19BrN2O. The van der Waals surface area contributed by atoms with Gasteiger partial charge in [0.15, 0.2) is 0 Å². The van der Waals surface area contributed by atoms with Crippen molar-refractivity contribution in [3.63, 3.8) is 0 Å². The Bertz CT molecular complexity index is 645. The number of benzene rings is 2. The first kappa shape index (κ1) is 15.1. The smallest absolute Gasteiger partial charge is 0.242 e. The van der Waals surface area contributed by atoms with Gasteiger partial charge in [-0.15, -0.1) is 0 Å². The Balaban J connectivity index is 1.66. The summed E-state index contributed by atoms with van der Waals surface area (Å²) in [7, 11) is 0. The van der Waals surface area contributed by atoms with Gasteiger partial charge in [-0.1, -0.05) is 46.3 Å². The van der Waals surface area contributed by atoms with Crippen molar-refractivity contribution in [2.45, 2.75) is 18.9 Å². The van der Waals surface area contributed by atoms with Crippen LogP contribution in [-0.2, 0) is 4.79 Å². The van der Waals surface area contributed by atoms with Gasteiger partial charge >= 0.3 is 0 Å². The van der Waals surface area contributed by atoms with Crippen LogP contribution < -0.4 is 5.32 Å². The molecule has 1 aliphatic heterocycles. The second-order valence-corrected chi connectivity index (χ2v) is 6.44. The molecular weight excluding hydrogens is 340 g/mol. The van der Waals surface area contributed by atoms with Crippen LogP contribution >= 0.6 is 15.9 Å². The number of hydrogen-bond acceptors (Lipinski definition) is 2. The molecule has 1 N–H and O–H groups in total. The minimum atomic E-state index is 0.159. The molecule has 3 nitrogen and oxygen atoms in total. The molecule has 1 atom stereocenters. The summed E-state index contributed by atoms with van der Waals surface area (Å²) in [5, 5.41) is 3.20. The van der Waals surface area contributed by atoms with Crippen molar-refractivity contribution in [3.8, 4) is 0 Å². The van der Waals surface area contributed by atoms with Crippen molar-refractivity contribution in [1.29, 1.82) is 0 Å². The molecule has 1 amide bonds. The van der Waals surface area contributed by atoms with Gasteiger partial charge < -0.3 is 10.2 Å². The summed E-state index contributed by atoms with van der Waals surface area (Å²) in [6.45, 7) is 1.18. The number of carbonyl (C=O) groups is 1. The molecule has 1 fully saturated rings. The summed E-state index contributed by atoms with van der Waals surface area (Å²) in [4.78, 5) is 14.5. The van der Waals surface area contributed by atoms with E-state index < -0.39 is 0 Å². The number of nitrogens with one attached hydrogen (secondary N) is 1. The summed E-state index contributed by atoms with van der Waals surface area (Å²) in [6.07, 6.45) is 2.10. The predicted octanol–water partition coefficient (Wildman–Crippen LogP) is 4.22. The SMILES string of the molecule is O=C(CNc1ccccc1)N1CCCC1c1cccc(Br)c1. The highest BCUT2D eigenvalue weighted by atomic mass is 79.9. The lowest BCUT2D eigenvalue weighted by molar-refractivity contribution is -0.130. The molecule has 1 heterocycles. The quantitative estimate of drug-likeness (QED) is 0.886. The standard InChI is InChI=1S/C18H19BrN2O/c19-15-7-4-6-14(12-15)17-10-5-11-21(17)18(22)13-20-16-8-2-1-3-9-16/h1-4,6-9,12,17,20H,5,10-11,13H2. The van der Waals surface area contributed by atoms with Crippen molar-refractivity contribution in [2.24, 2.45) is 0 Å². The van der Waals surface area contributed by atoms with E-state index in [9.17, 15) is 4.79 Å². The average molecular weight is 359 g/mol. The third kappa shape index (κ3) is 3.50. The van der Waals surface area contributed by atoms with Gasteiger partial charge in [0.1, 0.15) is 0 Å². The first-order chi connectivity index (χ1) is 10.7. The molecule has 0 aliphatic carbocycles. The predicted molar refractivity (Wildman–Crippen MR) is 92.8 cm³/mol. The topological polar surface area (TPSA) is 32.3 Å². The minimum absolute atomic E-state index is 0.159.